The number of amides is 1. The first-order chi connectivity index (χ1) is 7.86. The molecule has 2 aromatic rings. The van der Waals surface area contributed by atoms with E-state index >= 15 is 0 Å². The van der Waals surface area contributed by atoms with Crippen LogP contribution < -0.4 is 5.32 Å². The predicted molar refractivity (Wildman–Crippen MR) is 66.2 cm³/mol. The van der Waals surface area contributed by atoms with E-state index in [-0.39, 0.29) is 6.04 Å². The van der Waals surface area contributed by atoms with Crippen LogP contribution in [0.15, 0.2) is 42.5 Å². The third-order valence-corrected chi connectivity index (χ3v) is 2.88. The van der Waals surface area contributed by atoms with Crippen molar-refractivity contribution in [1.82, 2.24) is 5.32 Å². The van der Waals surface area contributed by atoms with Crippen LogP contribution in [0, 0.1) is 0 Å². The second kappa shape index (κ2) is 4.79. The van der Waals surface area contributed by atoms with Crippen LogP contribution in [-0.2, 0) is 4.79 Å². The average molecular weight is 213 g/mol. The van der Waals surface area contributed by atoms with Gasteiger partial charge in [0.1, 0.15) is 0 Å². The minimum Gasteiger partial charge on any atom is -0.352 e. The molecule has 2 nitrogen and oxygen atoms in total. The minimum atomic E-state index is 0.101. The molecule has 1 amide bonds. The Hall–Kier alpha value is -1.83. The molecule has 0 heterocycles. The lowest BCUT2D eigenvalue weighted by Crippen LogP contribution is -2.18. The van der Waals surface area contributed by atoms with Crippen LogP contribution in [0.1, 0.15) is 24.9 Å². The van der Waals surface area contributed by atoms with Crippen LogP contribution in [0.2, 0.25) is 0 Å². The Bertz CT molecular complexity index is 488. The molecule has 82 valence electrons. The number of rotatable bonds is 4. The predicted octanol–water partition coefficient (Wildman–Crippen LogP) is 3.04. The third kappa shape index (κ3) is 1.91. The van der Waals surface area contributed by atoms with Gasteiger partial charge in [0, 0.05) is 0 Å². The van der Waals surface area contributed by atoms with Gasteiger partial charge >= 0.3 is 0 Å². The molecule has 2 heteroatoms. The van der Waals surface area contributed by atoms with Gasteiger partial charge in [-0.25, -0.2) is 0 Å². The summed E-state index contributed by atoms with van der Waals surface area (Å²) in [6.45, 7) is 2.07. The number of benzene rings is 2. The lowest BCUT2D eigenvalue weighted by Gasteiger charge is -2.16. The summed E-state index contributed by atoms with van der Waals surface area (Å²) in [6.07, 6.45) is 1.67. The van der Waals surface area contributed by atoms with E-state index in [1.807, 2.05) is 18.2 Å². The average Bonchev–Trinajstić information content (AvgIpc) is 2.35. The molecule has 2 aromatic carbocycles. The Morgan fingerprint density at radius 1 is 1.19 bits per heavy atom. The summed E-state index contributed by atoms with van der Waals surface area (Å²) >= 11 is 0. The molecule has 0 aliphatic carbocycles. The molecule has 0 aliphatic heterocycles. The monoisotopic (exact) mass is 213 g/mol. The second-order valence-corrected chi connectivity index (χ2v) is 3.81. The van der Waals surface area contributed by atoms with Crippen LogP contribution in [-0.4, -0.2) is 6.41 Å². The Labute approximate surface area is 95.3 Å². The lowest BCUT2D eigenvalue weighted by molar-refractivity contribution is -0.110. The van der Waals surface area contributed by atoms with Crippen LogP contribution in [0.3, 0.4) is 0 Å². The fraction of sp³-hybridized carbons (Fsp3) is 0.214. The number of hydrogen-bond acceptors (Lipinski definition) is 1. The maximum atomic E-state index is 10.6. The number of carbonyl (C=O) groups excluding carboxylic acids is 1. The summed E-state index contributed by atoms with van der Waals surface area (Å²) in [6, 6.07) is 14.5. The van der Waals surface area contributed by atoms with Crippen molar-refractivity contribution in [1.29, 1.82) is 0 Å². The van der Waals surface area contributed by atoms with Crippen LogP contribution in [0.4, 0.5) is 0 Å². The van der Waals surface area contributed by atoms with Crippen LogP contribution in [0.5, 0.6) is 0 Å². The molecule has 16 heavy (non-hydrogen) atoms. The molecular formula is C14H15NO. The fourth-order valence-electron chi connectivity index (χ4n) is 2.06. The summed E-state index contributed by atoms with van der Waals surface area (Å²) in [5.74, 6) is 0. The Kier molecular flexibility index (Phi) is 3.20. The number of hydrogen-bond donors (Lipinski definition) is 1. The molecule has 0 bridgehead atoms. The molecule has 1 atom stereocenters. The third-order valence-electron chi connectivity index (χ3n) is 2.88. The van der Waals surface area contributed by atoms with E-state index in [2.05, 4.69) is 36.5 Å². The topological polar surface area (TPSA) is 29.1 Å². The highest BCUT2D eigenvalue weighted by Crippen LogP contribution is 2.25. The van der Waals surface area contributed by atoms with Crippen molar-refractivity contribution in [2.75, 3.05) is 0 Å². The summed E-state index contributed by atoms with van der Waals surface area (Å²) < 4.78 is 0. The highest BCUT2D eigenvalue weighted by Gasteiger charge is 2.10. The standard InChI is InChI=1S/C14H15NO/c1-2-14(15-10-16)13-9-5-7-11-6-3-4-8-12(11)13/h3-10,14H,2H2,1H3,(H,15,16). The van der Waals surface area contributed by atoms with E-state index in [0.717, 1.165) is 12.8 Å². The summed E-state index contributed by atoms with van der Waals surface area (Å²) in [7, 11) is 0. The first-order valence-electron chi connectivity index (χ1n) is 5.54. The molecule has 0 aromatic heterocycles. The van der Waals surface area contributed by atoms with Crippen molar-refractivity contribution in [3.8, 4) is 0 Å². The molecule has 0 saturated heterocycles. The van der Waals surface area contributed by atoms with E-state index in [4.69, 9.17) is 0 Å². The highest BCUT2D eigenvalue weighted by molar-refractivity contribution is 5.86. The van der Waals surface area contributed by atoms with Crippen LogP contribution in [0.25, 0.3) is 10.8 Å². The molecule has 0 radical (unpaired) electrons. The second-order valence-electron chi connectivity index (χ2n) is 3.81. The summed E-state index contributed by atoms with van der Waals surface area (Å²) in [5, 5.41) is 5.29. The maximum Gasteiger partial charge on any atom is 0.207 e. The van der Waals surface area contributed by atoms with Crippen LogP contribution >= 0.6 is 0 Å². The summed E-state index contributed by atoms with van der Waals surface area (Å²) in [5.41, 5.74) is 1.19. The maximum absolute atomic E-state index is 10.6. The zero-order valence-electron chi connectivity index (χ0n) is 9.31. The molecule has 1 N–H and O–H groups in total. The molecule has 2 rings (SSSR count). The highest BCUT2D eigenvalue weighted by atomic mass is 16.1. The van der Waals surface area contributed by atoms with Gasteiger partial charge in [-0.15, -0.1) is 0 Å². The fourth-order valence-corrected chi connectivity index (χ4v) is 2.06. The van der Waals surface area contributed by atoms with Crippen molar-refractivity contribution < 1.29 is 4.79 Å². The number of nitrogens with one attached hydrogen (secondary N) is 1. The smallest absolute Gasteiger partial charge is 0.207 e. The van der Waals surface area contributed by atoms with E-state index in [9.17, 15) is 4.79 Å². The van der Waals surface area contributed by atoms with Gasteiger partial charge in [0.15, 0.2) is 0 Å². The quantitative estimate of drug-likeness (QED) is 0.777. The van der Waals surface area contributed by atoms with Gasteiger partial charge in [-0.05, 0) is 22.8 Å². The minimum absolute atomic E-state index is 0.101. The number of carbonyl (C=O) groups is 1. The Morgan fingerprint density at radius 3 is 2.69 bits per heavy atom. The van der Waals surface area contributed by atoms with Crippen molar-refractivity contribution in [3.63, 3.8) is 0 Å². The SMILES string of the molecule is CCC(NC=O)c1cccc2ccccc12. The van der Waals surface area contributed by atoms with Crippen molar-refractivity contribution in [2.24, 2.45) is 0 Å². The van der Waals surface area contributed by atoms with Crippen molar-refractivity contribution in [3.05, 3.63) is 48.0 Å². The first-order valence-corrected chi connectivity index (χ1v) is 5.54. The largest absolute Gasteiger partial charge is 0.352 e. The van der Waals surface area contributed by atoms with Gasteiger partial charge < -0.3 is 5.32 Å². The Balaban J connectivity index is 2.54. The zero-order valence-corrected chi connectivity index (χ0v) is 9.31. The van der Waals surface area contributed by atoms with Crippen molar-refractivity contribution in [2.45, 2.75) is 19.4 Å². The molecule has 0 saturated carbocycles. The normalized spacial score (nSPS) is 12.3. The van der Waals surface area contributed by atoms with Gasteiger partial charge in [-0.2, -0.15) is 0 Å². The molecule has 0 spiro atoms. The van der Waals surface area contributed by atoms with Gasteiger partial charge in [-0.1, -0.05) is 49.4 Å². The number of fused-ring (bicyclic) bond motifs is 1. The first kappa shape index (κ1) is 10.7. The molecule has 1 unspecified atom stereocenters. The zero-order chi connectivity index (χ0) is 11.4. The van der Waals surface area contributed by atoms with E-state index in [0.29, 0.717) is 0 Å². The van der Waals surface area contributed by atoms with Gasteiger partial charge in [-0.3, -0.25) is 4.79 Å². The van der Waals surface area contributed by atoms with Gasteiger partial charge in [0.05, 0.1) is 6.04 Å². The molecule has 0 fully saturated rings. The van der Waals surface area contributed by atoms with E-state index < -0.39 is 0 Å². The summed E-state index contributed by atoms with van der Waals surface area (Å²) in [4.78, 5) is 10.6. The van der Waals surface area contributed by atoms with E-state index in [1.165, 1.54) is 16.3 Å². The van der Waals surface area contributed by atoms with Gasteiger partial charge in [0.25, 0.3) is 0 Å². The Morgan fingerprint density at radius 2 is 1.94 bits per heavy atom. The van der Waals surface area contributed by atoms with Gasteiger partial charge in [0.2, 0.25) is 6.41 Å². The lowest BCUT2D eigenvalue weighted by atomic mass is 9.97. The van der Waals surface area contributed by atoms with Crippen molar-refractivity contribution >= 4 is 17.2 Å². The molecular weight excluding hydrogens is 198 g/mol. The molecule has 0 aliphatic rings. The van der Waals surface area contributed by atoms with E-state index in [1.54, 1.807) is 0 Å².